The normalized spacial score (nSPS) is 41.7. The molecule has 2 saturated carbocycles. The van der Waals surface area contributed by atoms with E-state index in [1.165, 1.54) is 6.42 Å². The molecule has 3 nitrogen and oxygen atoms in total. The van der Waals surface area contributed by atoms with Gasteiger partial charge in [0.15, 0.2) is 5.41 Å². The Morgan fingerprint density at radius 3 is 2.53 bits per heavy atom. The van der Waals surface area contributed by atoms with E-state index in [0.717, 1.165) is 19.3 Å². The van der Waals surface area contributed by atoms with Crippen molar-refractivity contribution in [1.82, 2.24) is 10.6 Å². The number of hydrogen-bond donors (Lipinski definition) is 2. The Morgan fingerprint density at radius 1 is 1.26 bits per heavy atom. The van der Waals surface area contributed by atoms with E-state index in [2.05, 4.69) is 10.6 Å². The van der Waals surface area contributed by atoms with Crippen LogP contribution in [0.1, 0.15) is 32.1 Å². The van der Waals surface area contributed by atoms with Crippen LogP contribution < -0.4 is 10.6 Å². The number of rotatable bonds is 2. The van der Waals surface area contributed by atoms with Gasteiger partial charge in [-0.15, -0.1) is 0 Å². The summed E-state index contributed by atoms with van der Waals surface area (Å²) >= 11 is 0. The molecule has 3 fully saturated rings. The predicted octanol–water partition coefficient (Wildman–Crippen LogP) is 1.83. The molecule has 4 unspecified atom stereocenters. The molecule has 108 valence electrons. The lowest BCUT2D eigenvalue weighted by Crippen LogP contribution is -2.55. The average molecular weight is 276 g/mol. The summed E-state index contributed by atoms with van der Waals surface area (Å²) in [5, 5.41) is 5.38. The lowest BCUT2D eigenvalue weighted by molar-refractivity contribution is -0.216. The van der Waals surface area contributed by atoms with Gasteiger partial charge in [0.2, 0.25) is 5.91 Å². The van der Waals surface area contributed by atoms with Crippen LogP contribution in [0.4, 0.5) is 13.2 Å². The fourth-order valence-electron chi connectivity index (χ4n) is 3.98. The quantitative estimate of drug-likeness (QED) is 0.808. The molecule has 0 aromatic heterocycles. The third kappa shape index (κ3) is 2.04. The number of carbonyl (C=O) groups is 1. The summed E-state index contributed by atoms with van der Waals surface area (Å²) in [6, 6.07) is -0.0360. The van der Waals surface area contributed by atoms with Crippen molar-refractivity contribution in [3.63, 3.8) is 0 Å². The van der Waals surface area contributed by atoms with Gasteiger partial charge in [0.05, 0.1) is 0 Å². The number of halogens is 3. The maximum absolute atomic E-state index is 13.2. The third-order valence-corrected chi connectivity index (χ3v) is 5.19. The van der Waals surface area contributed by atoms with Crippen LogP contribution in [-0.2, 0) is 4.79 Å². The number of hydrogen-bond acceptors (Lipinski definition) is 2. The van der Waals surface area contributed by atoms with E-state index in [0.29, 0.717) is 11.8 Å². The van der Waals surface area contributed by atoms with Crippen molar-refractivity contribution in [3.8, 4) is 0 Å². The maximum atomic E-state index is 13.2. The maximum Gasteiger partial charge on any atom is 0.404 e. The zero-order chi connectivity index (χ0) is 13.7. The Balaban J connectivity index is 1.71. The second-order valence-electron chi connectivity index (χ2n) is 6.26. The standard InChI is InChI=1S/C13H19F3N2O/c14-13(15,16)12(3-4-17-7-12)11(19)18-10-6-8-1-2-9(10)5-8/h8-10,17H,1-7H2,(H,18,19). The fraction of sp³-hybridized carbons (Fsp3) is 0.923. The highest BCUT2D eigenvalue weighted by Crippen LogP contribution is 2.47. The molecule has 1 aliphatic heterocycles. The van der Waals surface area contributed by atoms with Crippen molar-refractivity contribution in [2.75, 3.05) is 13.1 Å². The van der Waals surface area contributed by atoms with Crippen LogP contribution in [0.2, 0.25) is 0 Å². The first-order chi connectivity index (χ1) is 8.92. The first-order valence-corrected chi connectivity index (χ1v) is 7.01. The third-order valence-electron chi connectivity index (χ3n) is 5.19. The number of nitrogens with one attached hydrogen (secondary N) is 2. The van der Waals surface area contributed by atoms with Crippen LogP contribution in [0, 0.1) is 17.3 Å². The molecule has 3 rings (SSSR count). The molecule has 1 heterocycles. The summed E-state index contributed by atoms with van der Waals surface area (Å²) < 4.78 is 39.7. The van der Waals surface area contributed by atoms with Gasteiger partial charge in [-0.3, -0.25) is 4.79 Å². The molecule has 1 amide bonds. The van der Waals surface area contributed by atoms with Gasteiger partial charge < -0.3 is 10.6 Å². The van der Waals surface area contributed by atoms with Gasteiger partial charge in [0, 0.05) is 12.6 Å². The van der Waals surface area contributed by atoms with Gasteiger partial charge >= 0.3 is 6.18 Å². The average Bonchev–Trinajstić information content (AvgIpc) is 3.04. The van der Waals surface area contributed by atoms with E-state index in [1.54, 1.807) is 0 Å². The largest absolute Gasteiger partial charge is 0.404 e. The molecule has 0 aromatic rings. The van der Waals surface area contributed by atoms with Crippen LogP contribution in [0.5, 0.6) is 0 Å². The van der Waals surface area contributed by atoms with Gasteiger partial charge in [-0.25, -0.2) is 0 Å². The second kappa shape index (κ2) is 4.36. The van der Waals surface area contributed by atoms with Crippen LogP contribution in [0.15, 0.2) is 0 Å². The first kappa shape index (κ1) is 13.2. The van der Waals surface area contributed by atoms with Crippen molar-refractivity contribution in [2.45, 2.75) is 44.3 Å². The number of carbonyl (C=O) groups excluding carboxylic acids is 1. The van der Waals surface area contributed by atoms with E-state index in [-0.39, 0.29) is 25.6 Å². The van der Waals surface area contributed by atoms with Crippen LogP contribution in [0.25, 0.3) is 0 Å². The molecule has 3 aliphatic rings. The van der Waals surface area contributed by atoms with E-state index in [4.69, 9.17) is 0 Å². The van der Waals surface area contributed by atoms with Gasteiger partial charge in [-0.1, -0.05) is 6.42 Å². The predicted molar refractivity (Wildman–Crippen MR) is 63.4 cm³/mol. The fourth-order valence-corrected chi connectivity index (χ4v) is 3.98. The summed E-state index contributed by atoms with van der Waals surface area (Å²) in [7, 11) is 0. The molecule has 0 aromatic carbocycles. The summed E-state index contributed by atoms with van der Waals surface area (Å²) in [4.78, 5) is 12.2. The number of fused-ring (bicyclic) bond motifs is 2. The second-order valence-corrected chi connectivity index (χ2v) is 6.26. The molecule has 1 saturated heterocycles. The van der Waals surface area contributed by atoms with E-state index in [1.807, 2.05) is 0 Å². The molecular formula is C13H19F3N2O. The topological polar surface area (TPSA) is 41.1 Å². The van der Waals surface area contributed by atoms with Crippen LogP contribution in [0.3, 0.4) is 0 Å². The molecule has 2 N–H and O–H groups in total. The first-order valence-electron chi connectivity index (χ1n) is 7.01. The molecule has 2 bridgehead atoms. The van der Waals surface area contributed by atoms with Crippen molar-refractivity contribution in [2.24, 2.45) is 17.3 Å². The minimum atomic E-state index is -4.47. The summed E-state index contributed by atoms with van der Waals surface area (Å²) in [5.74, 6) is 0.190. The Kier molecular flexibility index (Phi) is 3.04. The Labute approximate surface area is 110 Å². The Morgan fingerprint density at radius 2 is 2.05 bits per heavy atom. The van der Waals surface area contributed by atoms with Gasteiger partial charge in [0.1, 0.15) is 0 Å². The van der Waals surface area contributed by atoms with E-state index < -0.39 is 17.5 Å². The summed E-state index contributed by atoms with van der Waals surface area (Å²) in [5.41, 5.74) is -2.21. The van der Waals surface area contributed by atoms with Gasteiger partial charge in [-0.05, 0) is 44.1 Å². The molecule has 6 heteroatoms. The Bertz CT molecular complexity index is 377. The molecular weight excluding hydrogens is 257 g/mol. The smallest absolute Gasteiger partial charge is 0.352 e. The van der Waals surface area contributed by atoms with Crippen molar-refractivity contribution >= 4 is 5.91 Å². The van der Waals surface area contributed by atoms with E-state index >= 15 is 0 Å². The van der Waals surface area contributed by atoms with Gasteiger partial charge in [-0.2, -0.15) is 13.2 Å². The molecule has 4 atom stereocenters. The number of amides is 1. The molecule has 19 heavy (non-hydrogen) atoms. The lowest BCUT2D eigenvalue weighted by atomic mass is 9.84. The van der Waals surface area contributed by atoms with Crippen molar-refractivity contribution in [3.05, 3.63) is 0 Å². The molecule has 0 spiro atoms. The van der Waals surface area contributed by atoms with Crippen LogP contribution in [-0.4, -0.2) is 31.2 Å². The van der Waals surface area contributed by atoms with E-state index in [9.17, 15) is 18.0 Å². The highest BCUT2D eigenvalue weighted by molar-refractivity contribution is 5.84. The van der Waals surface area contributed by atoms with Crippen molar-refractivity contribution in [1.29, 1.82) is 0 Å². The zero-order valence-electron chi connectivity index (χ0n) is 10.7. The minimum absolute atomic E-state index is 0.0360. The zero-order valence-corrected chi connectivity index (χ0v) is 10.7. The lowest BCUT2D eigenvalue weighted by Gasteiger charge is -2.32. The highest BCUT2D eigenvalue weighted by Gasteiger charge is 2.61. The highest BCUT2D eigenvalue weighted by atomic mass is 19.4. The summed E-state index contributed by atoms with van der Waals surface area (Å²) in [6.45, 7) is -0.0349. The Hall–Kier alpha value is -0.780. The number of alkyl halides is 3. The van der Waals surface area contributed by atoms with Gasteiger partial charge in [0.25, 0.3) is 0 Å². The van der Waals surface area contributed by atoms with Crippen LogP contribution >= 0.6 is 0 Å². The SMILES string of the molecule is O=C(NC1CC2CCC1C2)C1(C(F)(F)F)CCNC1. The monoisotopic (exact) mass is 276 g/mol. The summed E-state index contributed by atoms with van der Waals surface area (Å²) in [6.07, 6.45) is -0.475. The minimum Gasteiger partial charge on any atom is -0.352 e. The van der Waals surface area contributed by atoms with Crippen molar-refractivity contribution < 1.29 is 18.0 Å². The molecule has 2 aliphatic carbocycles. The molecule has 0 radical (unpaired) electrons.